The van der Waals surface area contributed by atoms with Crippen molar-refractivity contribution in [3.05, 3.63) is 99.9 Å². The zero-order valence-corrected chi connectivity index (χ0v) is 16.8. The highest BCUT2D eigenvalue weighted by Gasteiger charge is 2.47. The fraction of sp³-hybridized carbons (Fsp3) is 0.0870. The number of Topliss-reactive ketones (excluding diaryl/α,β-unsaturated/α-hetero) is 1. The molecule has 1 aromatic heterocycles. The van der Waals surface area contributed by atoms with Crippen molar-refractivity contribution in [2.45, 2.75) is 6.04 Å². The Labute approximate surface area is 182 Å². The standard InChI is InChI=1S/C23H17N3O6/c1-32-18-8-3-2-7-17(18)25-20(14-9-11-24-12-10-14)19(22(28)23(25)29)21(27)15-5-4-6-16(13-15)26(30)31/h2-13,20,27H,1H3/b21-19-. The molecule has 0 saturated carbocycles. The summed E-state index contributed by atoms with van der Waals surface area (Å²) in [5.74, 6) is -1.92. The van der Waals surface area contributed by atoms with Crippen LogP contribution in [0.5, 0.6) is 5.75 Å². The van der Waals surface area contributed by atoms with E-state index in [0.29, 0.717) is 17.0 Å². The van der Waals surface area contributed by atoms with Crippen LogP contribution in [0.15, 0.2) is 78.6 Å². The summed E-state index contributed by atoms with van der Waals surface area (Å²) in [5, 5.41) is 22.2. The predicted molar refractivity (Wildman–Crippen MR) is 115 cm³/mol. The lowest BCUT2D eigenvalue weighted by Gasteiger charge is -2.26. The first kappa shape index (κ1) is 20.7. The van der Waals surface area contributed by atoms with Crippen molar-refractivity contribution < 1.29 is 24.4 Å². The minimum atomic E-state index is -0.992. The number of non-ortho nitro benzene ring substituents is 1. The number of aliphatic hydroxyl groups is 1. The summed E-state index contributed by atoms with van der Waals surface area (Å²) in [5.41, 5.74) is 0.478. The highest BCUT2D eigenvalue weighted by molar-refractivity contribution is 6.51. The Kier molecular flexibility index (Phi) is 5.38. The SMILES string of the molecule is COc1ccccc1N1C(=O)C(=O)/C(=C(\O)c2cccc([N+](=O)[O-])c2)C1c1ccncc1. The van der Waals surface area contributed by atoms with Crippen LogP contribution in [-0.2, 0) is 9.59 Å². The average molecular weight is 431 g/mol. The van der Waals surface area contributed by atoms with E-state index in [-0.39, 0.29) is 16.8 Å². The average Bonchev–Trinajstić information content (AvgIpc) is 3.09. The molecule has 1 amide bonds. The molecular weight excluding hydrogens is 414 g/mol. The normalized spacial score (nSPS) is 17.4. The summed E-state index contributed by atoms with van der Waals surface area (Å²) in [6.07, 6.45) is 3.01. The molecule has 0 bridgehead atoms. The smallest absolute Gasteiger partial charge is 0.300 e. The van der Waals surface area contributed by atoms with Gasteiger partial charge in [-0.3, -0.25) is 29.6 Å². The molecule has 3 aromatic rings. The minimum absolute atomic E-state index is 0.0521. The largest absolute Gasteiger partial charge is 0.507 e. The van der Waals surface area contributed by atoms with Crippen molar-refractivity contribution in [1.82, 2.24) is 4.98 Å². The summed E-state index contributed by atoms with van der Waals surface area (Å²) < 4.78 is 5.38. The second-order valence-corrected chi connectivity index (χ2v) is 6.93. The van der Waals surface area contributed by atoms with E-state index in [2.05, 4.69) is 4.98 Å². The summed E-state index contributed by atoms with van der Waals surface area (Å²) in [6.45, 7) is 0. The molecule has 1 N–H and O–H groups in total. The van der Waals surface area contributed by atoms with Crippen LogP contribution in [0.3, 0.4) is 0 Å². The number of benzene rings is 2. The number of carbonyl (C=O) groups is 2. The topological polar surface area (TPSA) is 123 Å². The van der Waals surface area contributed by atoms with Crippen molar-refractivity contribution in [3.63, 3.8) is 0 Å². The lowest BCUT2D eigenvalue weighted by molar-refractivity contribution is -0.384. The zero-order chi connectivity index (χ0) is 22.8. The van der Waals surface area contributed by atoms with Crippen LogP contribution in [0.1, 0.15) is 17.2 Å². The molecule has 0 aliphatic carbocycles. The van der Waals surface area contributed by atoms with Gasteiger partial charge in [0, 0.05) is 30.1 Å². The lowest BCUT2D eigenvalue weighted by Crippen LogP contribution is -2.29. The molecule has 2 heterocycles. The molecule has 32 heavy (non-hydrogen) atoms. The fourth-order valence-corrected chi connectivity index (χ4v) is 3.69. The van der Waals surface area contributed by atoms with Crippen LogP contribution < -0.4 is 9.64 Å². The van der Waals surface area contributed by atoms with Crippen LogP contribution >= 0.6 is 0 Å². The molecular formula is C23H17N3O6. The third-order valence-corrected chi connectivity index (χ3v) is 5.14. The maximum absolute atomic E-state index is 13.1. The van der Waals surface area contributed by atoms with Gasteiger partial charge in [-0.05, 0) is 29.8 Å². The summed E-state index contributed by atoms with van der Waals surface area (Å²) in [6, 6.07) is 14.2. The maximum atomic E-state index is 13.1. The number of rotatable bonds is 5. The fourth-order valence-electron chi connectivity index (χ4n) is 3.69. The van der Waals surface area contributed by atoms with Gasteiger partial charge in [-0.25, -0.2) is 0 Å². The number of hydrogen-bond acceptors (Lipinski definition) is 7. The van der Waals surface area contributed by atoms with Gasteiger partial charge in [-0.2, -0.15) is 0 Å². The number of carbonyl (C=O) groups excluding carboxylic acids is 2. The third-order valence-electron chi connectivity index (χ3n) is 5.14. The van der Waals surface area contributed by atoms with Crippen LogP contribution in [0.4, 0.5) is 11.4 Å². The molecule has 1 aliphatic rings. The number of pyridine rings is 1. The molecule has 160 valence electrons. The highest BCUT2D eigenvalue weighted by atomic mass is 16.6. The van der Waals surface area contributed by atoms with Crippen molar-refractivity contribution >= 4 is 28.8 Å². The van der Waals surface area contributed by atoms with Crippen LogP contribution in [0, 0.1) is 10.1 Å². The molecule has 0 radical (unpaired) electrons. The van der Waals surface area contributed by atoms with Crippen LogP contribution in [-0.4, -0.2) is 33.8 Å². The molecule has 1 fully saturated rings. The van der Waals surface area contributed by atoms with Gasteiger partial charge in [0.15, 0.2) is 0 Å². The van der Waals surface area contributed by atoms with Gasteiger partial charge < -0.3 is 9.84 Å². The van der Waals surface area contributed by atoms with E-state index >= 15 is 0 Å². The Balaban J connectivity index is 1.97. The zero-order valence-electron chi connectivity index (χ0n) is 16.8. The predicted octanol–water partition coefficient (Wildman–Crippen LogP) is 3.62. The molecule has 9 nitrogen and oxygen atoms in total. The summed E-state index contributed by atoms with van der Waals surface area (Å²) in [4.78, 5) is 42.0. The summed E-state index contributed by atoms with van der Waals surface area (Å²) in [7, 11) is 1.44. The minimum Gasteiger partial charge on any atom is -0.507 e. The second-order valence-electron chi connectivity index (χ2n) is 6.93. The number of hydrogen-bond donors (Lipinski definition) is 1. The third kappa shape index (κ3) is 3.45. The Hall–Kier alpha value is -4.53. The van der Waals surface area contributed by atoms with Gasteiger partial charge in [-0.15, -0.1) is 0 Å². The molecule has 1 atom stereocenters. The van der Waals surface area contributed by atoms with E-state index in [1.54, 1.807) is 36.4 Å². The van der Waals surface area contributed by atoms with Gasteiger partial charge in [0.1, 0.15) is 11.5 Å². The van der Waals surface area contributed by atoms with Gasteiger partial charge in [0.05, 0.1) is 29.3 Å². The van der Waals surface area contributed by atoms with Crippen molar-refractivity contribution in [2.24, 2.45) is 0 Å². The van der Waals surface area contributed by atoms with E-state index in [0.717, 1.165) is 6.07 Å². The first-order chi connectivity index (χ1) is 15.4. The Morgan fingerprint density at radius 3 is 2.50 bits per heavy atom. The molecule has 1 unspecified atom stereocenters. The van der Waals surface area contributed by atoms with Crippen molar-refractivity contribution in [1.29, 1.82) is 0 Å². The van der Waals surface area contributed by atoms with E-state index in [4.69, 9.17) is 4.74 Å². The number of nitrogens with zero attached hydrogens (tertiary/aromatic N) is 3. The summed E-state index contributed by atoms with van der Waals surface area (Å²) >= 11 is 0. The Bertz CT molecular complexity index is 1260. The van der Waals surface area contributed by atoms with Crippen LogP contribution in [0.25, 0.3) is 5.76 Å². The highest BCUT2D eigenvalue weighted by Crippen LogP contribution is 2.44. The number of nitro groups is 1. The molecule has 1 aliphatic heterocycles. The Morgan fingerprint density at radius 2 is 1.81 bits per heavy atom. The number of para-hydroxylation sites is 2. The van der Waals surface area contributed by atoms with Gasteiger partial charge in [-0.1, -0.05) is 24.3 Å². The number of amides is 1. The number of ketones is 1. The monoisotopic (exact) mass is 431 g/mol. The van der Waals surface area contributed by atoms with Crippen molar-refractivity contribution in [2.75, 3.05) is 12.0 Å². The second kappa shape index (κ2) is 8.31. The van der Waals surface area contributed by atoms with Gasteiger partial charge in [0.2, 0.25) is 0 Å². The van der Waals surface area contributed by atoms with E-state index in [1.165, 1.54) is 42.6 Å². The van der Waals surface area contributed by atoms with Crippen LogP contribution in [0.2, 0.25) is 0 Å². The molecule has 2 aromatic carbocycles. The number of anilines is 1. The quantitative estimate of drug-likeness (QED) is 0.215. The number of nitro benzene ring substituents is 1. The Morgan fingerprint density at radius 1 is 1.09 bits per heavy atom. The first-order valence-electron chi connectivity index (χ1n) is 9.52. The number of aliphatic hydroxyl groups excluding tert-OH is 1. The molecule has 0 spiro atoms. The number of aromatic nitrogens is 1. The van der Waals surface area contributed by atoms with E-state index in [1.807, 2.05) is 0 Å². The number of ether oxygens (including phenoxy) is 1. The van der Waals surface area contributed by atoms with Gasteiger partial charge >= 0.3 is 0 Å². The first-order valence-corrected chi connectivity index (χ1v) is 9.52. The molecule has 9 heteroatoms. The van der Waals surface area contributed by atoms with Gasteiger partial charge in [0.25, 0.3) is 17.4 Å². The van der Waals surface area contributed by atoms with E-state index in [9.17, 15) is 24.8 Å². The maximum Gasteiger partial charge on any atom is 0.300 e. The van der Waals surface area contributed by atoms with E-state index < -0.39 is 28.4 Å². The number of methoxy groups -OCH3 is 1. The molecule has 4 rings (SSSR count). The lowest BCUT2D eigenvalue weighted by atomic mass is 9.95. The molecule has 1 saturated heterocycles. The van der Waals surface area contributed by atoms with Crippen molar-refractivity contribution in [3.8, 4) is 5.75 Å².